The van der Waals surface area contributed by atoms with Crippen LogP contribution in [0.2, 0.25) is 0 Å². The minimum absolute atomic E-state index is 0.236. The van der Waals surface area contributed by atoms with Gasteiger partial charge < -0.3 is 5.73 Å². The number of aromatic nitrogens is 1. The standard InChI is InChI=1S/C18H23N3/c1-21(13-17-4-2-3-11-20-17)18(12-19)16-9-7-15(8-10-16)14-5-6-14/h2-4,7-11,14,18H,5-6,12-13,19H2,1H3. The van der Waals surface area contributed by atoms with Crippen LogP contribution in [0.3, 0.4) is 0 Å². The van der Waals surface area contributed by atoms with E-state index >= 15 is 0 Å². The van der Waals surface area contributed by atoms with Crippen LogP contribution in [0.5, 0.6) is 0 Å². The van der Waals surface area contributed by atoms with Gasteiger partial charge in [-0.3, -0.25) is 9.88 Å². The molecule has 1 unspecified atom stereocenters. The highest BCUT2D eigenvalue weighted by atomic mass is 15.1. The lowest BCUT2D eigenvalue weighted by atomic mass is 10.0. The topological polar surface area (TPSA) is 42.2 Å². The Labute approximate surface area is 126 Å². The van der Waals surface area contributed by atoms with Gasteiger partial charge >= 0.3 is 0 Å². The molecule has 1 atom stereocenters. The second kappa shape index (κ2) is 6.37. The van der Waals surface area contributed by atoms with Crippen LogP contribution < -0.4 is 5.73 Å². The van der Waals surface area contributed by atoms with E-state index in [-0.39, 0.29) is 6.04 Å². The molecular formula is C18H23N3. The minimum atomic E-state index is 0.236. The number of pyridine rings is 1. The molecule has 0 bridgehead atoms. The zero-order chi connectivity index (χ0) is 14.7. The van der Waals surface area contributed by atoms with Crippen LogP contribution in [0.4, 0.5) is 0 Å². The maximum Gasteiger partial charge on any atom is 0.0544 e. The molecule has 1 aromatic carbocycles. The normalized spacial score (nSPS) is 16.1. The zero-order valence-corrected chi connectivity index (χ0v) is 12.6. The highest BCUT2D eigenvalue weighted by Gasteiger charge is 2.23. The third-order valence-corrected chi connectivity index (χ3v) is 4.26. The minimum Gasteiger partial charge on any atom is -0.329 e. The quantitative estimate of drug-likeness (QED) is 0.884. The van der Waals surface area contributed by atoms with Crippen LogP contribution in [0, 0.1) is 0 Å². The first-order valence-corrected chi connectivity index (χ1v) is 7.68. The van der Waals surface area contributed by atoms with Gasteiger partial charge in [0.25, 0.3) is 0 Å². The molecular weight excluding hydrogens is 258 g/mol. The van der Waals surface area contributed by atoms with Gasteiger partial charge in [0.2, 0.25) is 0 Å². The molecule has 110 valence electrons. The van der Waals surface area contributed by atoms with Crippen molar-refractivity contribution in [2.75, 3.05) is 13.6 Å². The second-order valence-corrected chi connectivity index (χ2v) is 5.93. The first kappa shape index (κ1) is 14.2. The second-order valence-electron chi connectivity index (χ2n) is 5.93. The molecule has 1 saturated carbocycles. The van der Waals surface area contributed by atoms with E-state index in [1.807, 2.05) is 18.3 Å². The molecule has 3 rings (SSSR count). The number of nitrogens with two attached hydrogens (primary N) is 1. The lowest BCUT2D eigenvalue weighted by Crippen LogP contribution is -2.30. The molecule has 0 amide bonds. The van der Waals surface area contributed by atoms with Gasteiger partial charge in [0.15, 0.2) is 0 Å². The van der Waals surface area contributed by atoms with Crippen LogP contribution >= 0.6 is 0 Å². The Kier molecular flexibility index (Phi) is 4.32. The molecule has 2 N–H and O–H groups in total. The van der Waals surface area contributed by atoms with Gasteiger partial charge in [-0.25, -0.2) is 0 Å². The van der Waals surface area contributed by atoms with Crippen molar-refractivity contribution in [3.05, 3.63) is 65.5 Å². The first-order valence-electron chi connectivity index (χ1n) is 7.68. The highest BCUT2D eigenvalue weighted by molar-refractivity contribution is 5.30. The molecule has 1 fully saturated rings. The van der Waals surface area contributed by atoms with E-state index < -0.39 is 0 Å². The van der Waals surface area contributed by atoms with E-state index in [2.05, 4.69) is 47.3 Å². The Morgan fingerprint density at radius 3 is 2.52 bits per heavy atom. The third-order valence-electron chi connectivity index (χ3n) is 4.26. The largest absolute Gasteiger partial charge is 0.329 e. The molecule has 3 heteroatoms. The summed E-state index contributed by atoms with van der Waals surface area (Å²) in [4.78, 5) is 6.66. The molecule has 0 saturated heterocycles. The number of nitrogens with zero attached hydrogens (tertiary/aromatic N) is 2. The molecule has 3 nitrogen and oxygen atoms in total. The summed E-state index contributed by atoms with van der Waals surface area (Å²) in [6.07, 6.45) is 4.53. The Balaban J connectivity index is 1.70. The predicted molar refractivity (Wildman–Crippen MR) is 85.9 cm³/mol. The summed E-state index contributed by atoms with van der Waals surface area (Å²) in [7, 11) is 2.11. The van der Waals surface area contributed by atoms with Crippen LogP contribution in [0.1, 0.15) is 41.6 Å². The van der Waals surface area contributed by atoms with Gasteiger partial charge in [-0.1, -0.05) is 30.3 Å². The maximum absolute atomic E-state index is 6.01. The monoisotopic (exact) mass is 281 g/mol. The Morgan fingerprint density at radius 2 is 1.95 bits per heavy atom. The number of hydrogen-bond donors (Lipinski definition) is 1. The molecule has 0 aliphatic heterocycles. The van der Waals surface area contributed by atoms with E-state index in [1.165, 1.54) is 24.0 Å². The van der Waals surface area contributed by atoms with E-state index in [1.54, 1.807) is 0 Å². The summed E-state index contributed by atoms with van der Waals surface area (Å²) in [6.45, 7) is 1.43. The lowest BCUT2D eigenvalue weighted by Gasteiger charge is -2.27. The van der Waals surface area contributed by atoms with Crippen LogP contribution in [0.25, 0.3) is 0 Å². The SMILES string of the molecule is CN(Cc1ccccn1)C(CN)c1ccc(C2CC2)cc1. The van der Waals surface area contributed by atoms with Crippen molar-refractivity contribution in [3.63, 3.8) is 0 Å². The van der Waals surface area contributed by atoms with Crippen molar-refractivity contribution >= 4 is 0 Å². The smallest absolute Gasteiger partial charge is 0.0544 e. The number of rotatable bonds is 6. The number of likely N-dealkylation sites (N-methyl/N-ethyl adjacent to an activating group) is 1. The highest BCUT2D eigenvalue weighted by Crippen LogP contribution is 2.40. The summed E-state index contributed by atoms with van der Waals surface area (Å²) in [5.74, 6) is 0.807. The van der Waals surface area contributed by atoms with Crippen molar-refractivity contribution in [3.8, 4) is 0 Å². The fourth-order valence-electron chi connectivity index (χ4n) is 2.83. The fraction of sp³-hybridized carbons (Fsp3) is 0.389. The van der Waals surface area contributed by atoms with Gasteiger partial charge in [-0.05, 0) is 49.1 Å². The van der Waals surface area contributed by atoms with Crippen LogP contribution in [0.15, 0.2) is 48.7 Å². The molecule has 1 aromatic heterocycles. The summed E-state index contributed by atoms with van der Waals surface area (Å²) in [5.41, 5.74) is 9.85. The maximum atomic E-state index is 6.01. The Bertz CT molecular complexity index is 561. The van der Waals surface area contributed by atoms with E-state index in [9.17, 15) is 0 Å². The van der Waals surface area contributed by atoms with Crippen molar-refractivity contribution in [2.45, 2.75) is 31.3 Å². The van der Waals surface area contributed by atoms with Crippen LogP contribution in [-0.4, -0.2) is 23.5 Å². The molecule has 21 heavy (non-hydrogen) atoms. The van der Waals surface area contributed by atoms with Crippen molar-refractivity contribution < 1.29 is 0 Å². The molecule has 2 aromatic rings. The summed E-state index contributed by atoms with van der Waals surface area (Å²) >= 11 is 0. The van der Waals surface area contributed by atoms with E-state index in [4.69, 9.17) is 5.73 Å². The first-order chi connectivity index (χ1) is 10.3. The third kappa shape index (κ3) is 3.49. The average molecular weight is 281 g/mol. The van der Waals surface area contributed by atoms with Crippen molar-refractivity contribution in [2.24, 2.45) is 5.73 Å². The number of benzene rings is 1. The van der Waals surface area contributed by atoms with Gasteiger partial charge in [-0.15, -0.1) is 0 Å². The van der Waals surface area contributed by atoms with Gasteiger partial charge in [0.05, 0.1) is 5.69 Å². The molecule has 0 radical (unpaired) electrons. The van der Waals surface area contributed by atoms with E-state index in [0.29, 0.717) is 6.54 Å². The zero-order valence-electron chi connectivity index (χ0n) is 12.6. The lowest BCUT2D eigenvalue weighted by molar-refractivity contribution is 0.239. The number of hydrogen-bond acceptors (Lipinski definition) is 3. The van der Waals surface area contributed by atoms with Gasteiger partial charge in [-0.2, -0.15) is 0 Å². The summed E-state index contributed by atoms with van der Waals surface area (Å²) in [5, 5.41) is 0. The predicted octanol–water partition coefficient (Wildman–Crippen LogP) is 3.09. The molecule has 1 heterocycles. The molecule has 0 spiro atoms. The van der Waals surface area contributed by atoms with Crippen molar-refractivity contribution in [1.29, 1.82) is 0 Å². The van der Waals surface area contributed by atoms with Gasteiger partial charge in [0, 0.05) is 25.3 Å². The molecule has 1 aliphatic rings. The molecule has 1 aliphatic carbocycles. The summed E-state index contributed by atoms with van der Waals surface area (Å²) in [6, 6.07) is 15.3. The van der Waals surface area contributed by atoms with Crippen molar-refractivity contribution in [1.82, 2.24) is 9.88 Å². The van der Waals surface area contributed by atoms with E-state index in [0.717, 1.165) is 18.2 Å². The Morgan fingerprint density at radius 1 is 1.19 bits per heavy atom. The summed E-state index contributed by atoms with van der Waals surface area (Å²) < 4.78 is 0. The Hall–Kier alpha value is -1.71. The fourth-order valence-corrected chi connectivity index (χ4v) is 2.83. The van der Waals surface area contributed by atoms with Crippen LogP contribution in [-0.2, 0) is 6.54 Å². The van der Waals surface area contributed by atoms with Gasteiger partial charge in [0.1, 0.15) is 0 Å². The average Bonchev–Trinajstić information content (AvgIpc) is 3.34.